The largest absolute Gasteiger partial charge is 0.465 e. The van der Waals surface area contributed by atoms with Crippen LogP contribution in [0.15, 0.2) is 0 Å². The standard InChI is InChI=1S/C16H33N3O2/c1-6-21-15(20)16(4,17-14(2)3)8-11-19-10-7-9-18(5)12-13-19/h14,17H,6-13H2,1-5H3. The normalized spacial score (nSPS) is 21.0. The van der Waals surface area contributed by atoms with Crippen LogP contribution in [0.3, 0.4) is 0 Å². The van der Waals surface area contributed by atoms with Crippen LogP contribution in [-0.4, -0.2) is 73.7 Å². The molecular weight excluding hydrogens is 266 g/mol. The van der Waals surface area contributed by atoms with Crippen molar-refractivity contribution in [2.24, 2.45) is 0 Å². The Balaban J connectivity index is 2.57. The summed E-state index contributed by atoms with van der Waals surface area (Å²) >= 11 is 0. The molecule has 5 heteroatoms. The summed E-state index contributed by atoms with van der Waals surface area (Å²) < 4.78 is 5.26. The molecule has 1 N–H and O–H groups in total. The Hall–Kier alpha value is -0.650. The molecule has 1 fully saturated rings. The summed E-state index contributed by atoms with van der Waals surface area (Å²) in [7, 11) is 2.17. The van der Waals surface area contributed by atoms with Crippen molar-refractivity contribution in [3.05, 3.63) is 0 Å². The number of hydrogen-bond donors (Lipinski definition) is 1. The van der Waals surface area contributed by atoms with Crippen molar-refractivity contribution in [3.63, 3.8) is 0 Å². The summed E-state index contributed by atoms with van der Waals surface area (Å²) in [5.41, 5.74) is -0.595. The molecule has 21 heavy (non-hydrogen) atoms. The van der Waals surface area contributed by atoms with E-state index in [1.807, 2.05) is 13.8 Å². The maximum absolute atomic E-state index is 12.3. The molecule has 0 aromatic heterocycles. The van der Waals surface area contributed by atoms with Crippen LogP contribution >= 0.6 is 0 Å². The van der Waals surface area contributed by atoms with Crippen LogP contribution in [0.5, 0.6) is 0 Å². The molecule has 1 rings (SSSR count). The predicted molar refractivity (Wildman–Crippen MR) is 86.5 cm³/mol. The smallest absolute Gasteiger partial charge is 0.326 e. The SMILES string of the molecule is CCOC(=O)C(C)(CCN1CCCN(C)CC1)NC(C)C. The molecule has 0 aromatic rings. The van der Waals surface area contributed by atoms with Crippen LogP contribution in [0, 0.1) is 0 Å². The third kappa shape index (κ3) is 6.32. The van der Waals surface area contributed by atoms with E-state index in [9.17, 15) is 4.79 Å². The first kappa shape index (κ1) is 18.4. The number of ether oxygens (including phenoxy) is 1. The molecule has 1 aliphatic heterocycles. The van der Waals surface area contributed by atoms with Crippen molar-refractivity contribution in [2.45, 2.75) is 52.1 Å². The molecule has 1 atom stereocenters. The minimum atomic E-state index is -0.595. The number of likely N-dealkylation sites (N-methyl/N-ethyl adjacent to an activating group) is 1. The van der Waals surface area contributed by atoms with E-state index in [0.717, 1.165) is 39.1 Å². The maximum Gasteiger partial charge on any atom is 0.326 e. The van der Waals surface area contributed by atoms with Crippen molar-refractivity contribution in [1.82, 2.24) is 15.1 Å². The first-order valence-corrected chi connectivity index (χ1v) is 8.23. The summed E-state index contributed by atoms with van der Waals surface area (Å²) in [6.45, 7) is 13.8. The van der Waals surface area contributed by atoms with Gasteiger partial charge in [0.15, 0.2) is 0 Å². The number of rotatable bonds is 7. The fourth-order valence-electron chi connectivity index (χ4n) is 2.87. The van der Waals surface area contributed by atoms with Crippen LogP contribution in [-0.2, 0) is 9.53 Å². The van der Waals surface area contributed by atoms with Gasteiger partial charge in [0, 0.05) is 25.7 Å². The molecule has 0 spiro atoms. The first-order valence-electron chi connectivity index (χ1n) is 8.23. The zero-order valence-corrected chi connectivity index (χ0v) is 14.4. The third-order valence-corrected chi connectivity index (χ3v) is 4.07. The lowest BCUT2D eigenvalue weighted by Crippen LogP contribution is -2.54. The quantitative estimate of drug-likeness (QED) is 0.719. The highest BCUT2D eigenvalue weighted by Gasteiger charge is 2.35. The zero-order chi connectivity index (χ0) is 15.9. The van der Waals surface area contributed by atoms with Crippen molar-refractivity contribution < 1.29 is 9.53 Å². The minimum Gasteiger partial charge on any atom is -0.465 e. The van der Waals surface area contributed by atoms with Gasteiger partial charge in [-0.2, -0.15) is 0 Å². The predicted octanol–water partition coefficient (Wildman–Crippen LogP) is 1.33. The van der Waals surface area contributed by atoms with E-state index in [-0.39, 0.29) is 12.0 Å². The monoisotopic (exact) mass is 299 g/mol. The summed E-state index contributed by atoms with van der Waals surface area (Å²) in [4.78, 5) is 17.1. The lowest BCUT2D eigenvalue weighted by atomic mass is 9.96. The second-order valence-electron chi connectivity index (χ2n) is 6.60. The molecular formula is C16H33N3O2. The molecule has 1 unspecified atom stereocenters. The maximum atomic E-state index is 12.3. The summed E-state index contributed by atoms with van der Waals surface area (Å²) in [6, 6.07) is 0.259. The molecule has 1 heterocycles. The number of nitrogens with one attached hydrogen (secondary N) is 1. The summed E-state index contributed by atoms with van der Waals surface area (Å²) in [5.74, 6) is -0.134. The number of carbonyl (C=O) groups is 1. The van der Waals surface area contributed by atoms with Crippen molar-refractivity contribution in [2.75, 3.05) is 46.4 Å². The van der Waals surface area contributed by atoms with E-state index >= 15 is 0 Å². The van der Waals surface area contributed by atoms with Crippen LogP contribution in [0.2, 0.25) is 0 Å². The van der Waals surface area contributed by atoms with E-state index in [2.05, 4.69) is 36.0 Å². The van der Waals surface area contributed by atoms with E-state index < -0.39 is 5.54 Å². The van der Waals surface area contributed by atoms with Gasteiger partial charge in [-0.1, -0.05) is 0 Å². The average Bonchev–Trinajstić information content (AvgIpc) is 2.61. The Morgan fingerprint density at radius 1 is 1.29 bits per heavy atom. The first-order chi connectivity index (χ1) is 9.87. The van der Waals surface area contributed by atoms with Gasteiger partial charge in [0.05, 0.1) is 6.61 Å². The van der Waals surface area contributed by atoms with Gasteiger partial charge in [-0.25, -0.2) is 0 Å². The van der Waals surface area contributed by atoms with Gasteiger partial charge >= 0.3 is 5.97 Å². The Bertz CT molecular complexity index is 323. The van der Waals surface area contributed by atoms with E-state index in [1.165, 1.54) is 6.42 Å². The van der Waals surface area contributed by atoms with Gasteiger partial charge in [0.1, 0.15) is 5.54 Å². The molecule has 1 aliphatic rings. The van der Waals surface area contributed by atoms with E-state index in [4.69, 9.17) is 4.74 Å². The summed E-state index contributed by atoms with van der Waals surface area (Å²) in [6.07, 6.45) is 1.98. The number of nitrogens with zero attached hydrogens (tertiary/aromatic N) is 2. The molecule has 124 valence electrons. The van der Waals surface area contributed by atoms with E-state index in [1.54, 1.807) is 0 Å². The van der Waals surface area contributed by atoms with Gasteiger partial charge in [0.2, 0.25) is 0 Å². The van der Waals surface area contributed by atoms with Crippen LogP contribution in [0.1, 0.15) is 40.5 Å². The fraction of sp³-hybridized carbons (Fsp3) is 0.938. The Morgan fingerprint density at radius 2 is 2.00 bits per heavy atom. The molecule has 0 radical (unpaired) electrons. The molecule has 0 amide bonds. The zero-order valence-electron chi connectivity index (χ0n) is 14.4. The van der Waals surface area contributed by atoms with Gasteiger partial charge in [-0.15, -0.1) is 0 Å². The van der Waals surface area contributed by atoms with Crippen LogP contribution < -0.4 is 5.32 Å². The molecule has 0 aromatic carbocycles. The second-order valence-corrected chi connectivity index (χ2v) is 6.60. The number of carbonyl (C=O) groups excluding carboxylic acids is 1. The van der Waals surface area contributed by atoms with Crippen molar-refractivity contribution in [3.8, 4) is 0 Å². The summed E-state index contributed by atoms with van der Waals surface area (Å²) in [5, 5.41) is 3.39. The van der Waals surface area contributed by atoms with Crippen LogP contribution in [0.4, 0.5) is 0 Å². The molecule has 5 nitrogen and oxygen atoms in total. The van der Waals surface area contributed by atoms with Crippen molar-refractivity contribution >= 4 is 5.97 Å². The molecule has 0 aliphatic carbocycles. The minimum absolute atomic E-state index is 0.134. The van der Waals surface area contributed by atoms with E-state index in [0.29, 0.717) is 6.61 Å². The fourth-order valence-corrected chi connectivity index (χ4v) is 2.87. The highest BCUT2D eigenvalue weighted by molar-refractivity contribution is 5.80. The molecule has 1 saturated heterocycles. The Morgan fingerprint density at radius 3 is 2.62 bits per heavy atom. The van der Waals surface area contributed by atoms with Crippen LogP contribution in [0.25, 0.3) is 0 Å². The lowest BCUT2D eigenvalue weighted by Gasteiger charge is -2.33. The number of esters is 1. The molecule has 0 bridgehead atoms. The van der Waals surface area contributed by atoms with Gasteiger partial charge in [0.25, 0.3) is 0 Å². The Kier molecular flexibility index (Phi) is 7.63. The molecule has 0 saturated carbocycles. The topological polar surface area (TPSA) is 44.8 Å². The number of hydrogen-bond acceptors (Lipinski definition) is 5. The highest BCUT2D eigenvalue weighted by atomic mass is 16.5. The van der Waals surface area contributed by atoms with Crippen molar-refractivity contribution in [1.29, 1.82) is 0 Å². The highest BCUT2D eigenvalue weighted by Crippen LogP contribution is 2.15. The Labute approximate surface area is 130 Å². The third-order valence-electron chi connectivity index (χ3n) is 4.07. The van der Waals surface area contributed by atoms with Gasteiger partial charge < -0.3 is 14.5 Å². The van der Waals surface area contributed by atoms with Gasteiger partial charge in [-0.05, 0) is 60.7 Å². The average molecular weight is 299 g/mol. The van der Waals surface area contributed by atoms with Gasteiger partial charge in [-0.3, -0.25) is 10.1 Å². The second kappa shape index (κ2) is 8.71. The lowest BCUT2D eigenvalue weighted by molar-refractivity contribution is -0.151.